The molecule has 0 saturated carbocycles. The molecule has 1 aromatic heterocycles. The Bertz CT molecular complexity index is 478. The number of rotatable bonds is 4. The number of pyridine rings is 1. The van der Waals surface area contributed by atoms with Gasteiger partial charge in [-0.1, -0.05) is 11.6 Å². The fourth-order valence-corrected chi connectivity index (χ4v) is 1.80. The molecule has 0 atom stereocenters. The molecule has 1 N–H and O–H groups in total. The fourth-order valence-electron chi connectivity index (χ4n) is 1.38. The van der Waals surface area contributed by atoms with Gasteiger partial charge in [0.1, 0.15) is 0 Å². The fraction of sp³-hybridized carbons (Fsp3) is 0.417. The van der Waals surface area contributed by atoms with Crippen molar-refractivity contribution in [1.82, 2.24) is 4.98 Å². The average Bonchev–Trinajstić information content (AvgIpc) is 2.26. The molecule has 5 heteroatoms. The number of carboxylic acids is 1. The lowest BCUT2D eigenvalue weighted by molar-refractivity contribution is -0.136. The van der Waals surface area contributed by atoms with Crippen LogP contribution in [0.3, 0.4) is 0 Å². The number of hydrogen-bond donors (Lipinski definition) is 1. The molecule has 0 aliphatic heterocycles. The second-order valence-corrected chi connectivity index (χ2v) is 4.71. The molecule has 4 nitrogen and oxygen atoms in total. The lowest BCUT2D eigenvalue weighted by Gasteiger charge is -2.16. The molecule has 0 fully saturated rings. The summed E-state index contributed by atoms with van der Waals surface area (Å²) in [4.78, 5) is 14.6. The average molecular weight is 253 g/mol. The van der Waals surface area contributed by atoms with Crippen LogP contribution in [0.4, 0.5) is 0 Å². The van der Waals surface area contributed by atoms with Crippen LogP contribution >= 0.6 is 11.6 Å². The van der Waals surface area contributed by atoms with Crippen LogP contribution in [0.25, 0.3) is 0 Å². The molecule has 0 amide bonds. The van der Waals surface area contributed by atoms with Gasteiger partial charge in [0, 0.05) is 12.6 Å². The van der Waals surface area contributed by atoms with E-state index in [0.29, 0.717) is 17.1 Å². The molecular weight excluding hydrogens is 240 g/mol. The van der Waals surface area contributed by atoms with Crippen molar-refractivity contribution in [3.63, 3.8) is 0 Å². The first-order valence-corrected chi connectivity index (χ1v) is 5.52. The minimum absolute atomic E-state index is 0.0407. The Morgan fingerprint density at radius 3 is 2.76 bits per heavy atom. The Balaban J connectivity index is 2.95. The van der Waals surface area contributed by atoms with Gasteiger partial charge < -0.3 is 5.11 Å². The molecule has 0 bridgehead atoms. The van der Waals surface area contributed by atoms with Gasteiger partial charge in [-0.25, -0.2) is 0 Å². The number of halogens is 1. The van der Waals surface area contributed by atoms with Crippen LogP contribution in [0, 0.1) is 11.3 Å². The Morgan fingerprint density at radius 2 is 2.29 bits per heavy atom. The van der Waals surface area contributed by atoms with Crippen molar-refractivity contribution in [3.8, 4) is 6.07 Å². The minimum Gasteiger partial charge on any atom is -0.481 e. The van der Waals surface area contributed by atoms with Crippen LogP contribution in [-0.4, -0.2) is 16.1 Å². The molecule has 0 aliphatic carbocycles. The minimum atomic E-state index is -0.859. The number of aliphatic carboxylic acids is 1. The summed E-state index contributed by atoms with van der Waals surface area (Å²) >= 11 is 6.05. The van der Waals surface area contributed by atoms with Crippen molar-refractivity contribution in [2.75, 3.05) is 0 Å². The first-order valence-electron chi connectivity index (χ1n) is 5.15. The van der Waals surface area contributed by atoms with Crippen LogP contribution in [0.5, 0.6) is 0 Å². The Hall–Kier alpha value is -1.60. The third-order valence-corrected chi connectivity index (χ3v) is 2.68. The Labute approximate surface area is 105 Å². The number of hydrogen-bond acceptors (Lipinski definition) is 3. The van der Waals surface area contributed by atoms with Crippen molar-refractivity contribution in [2.24, 2.45) is 0 Å². The first kappa shape index (κ1) is 13.5. The van der Waals surface area contributed by atoms with Gasteiger partial charge in [0.05, 0.1) is 22.2 Å². The van der Waals surface area contributed by atoms with Crippen LogP contribution in [-0.2, 0) is 16.6 Å². The van der Waals surface area contributed by atoms with Crippen LogP contribution in [0.1, 0.15) is 31.5 Å². The van der Waals surface area contributed by atoms with E-state index in [9.17, 15) is 4.79 Å². The highest BCUT2D eigenvalue weighted by atomic mass is 35.5. The van der Waals surface area contributed by atoms with Gasteiger partial charge in [0.25, 0.3) is 0 Å². The molecule has 1 heterocycles. The highest BCUT2D eigenvalue weighted by Gasteiger charge is 2.24. The van der Waals surface area contributed by atoms with Crippen LogP contribution in [0.15, 0.2) is 12.3 Å². The predicted molar refractivity (Wildman–Crippen MR) is 63.8 cm³/mol. The van der Waals surface area contributed by atoms with E-state index in [-0.39, 0.29) is 6.42 Å². The predicted octanol–water partition coefficient (Wildman–Crippen LogP) is 2.55. The van der Waals surface area contributed by atoms with Crippen molar-refractivity contribution in [2.45, 2.75) is 32.1 Å². The zero-order valence-electron chi connectivity index (χ0n) is 9.70. The number of aryl methyl sites for hydroxylation is 1. The second-order valence-electron chi connectivity index (χ2n) is 4.30. The summed E-state index contributed by atoms with van der Waals surface area (Å²) in [6.45, 7) is 3.47. The van der Waals surface area contributed by atoms with E-state index < -0.39 is 11.4 Å². The second kappa shape index (κ2) is 5.15. The summed E-state index contributed by atoms with van der Waals surface area (Å²) in [7, 11) is 0. The van der Waals surface area contributed by atoms with Crippen molar-refractivity contribution < 1.29 is 9.90 Å². The summed E-state index contributed by atoms with van der Waals surface area (Å²) in [6.07, 6.45) is 2.00. The lowest BCUT2D eigenvalue weighted by atomic mass is 9.90. The molecule has 90 valence electrons. The van der Waals surface area contributed by atoms with Gasteiger partial charge in [-0.05, 0) is 31.9 Å². The molecule has 1 rings (SSSR count). The normalized spacial score (nSPS) is 10.9. The highest BCUT2D eigenvalue weighted by molar-refractivity contribution is 6.31. The molecule has 0 aromatic carbocycles. The smallest absolute Gasteiger partial charge is 0.303 e. The van der Waals surface area contributed by atoms with E-state index in [1.54, 1.807) is 26.1 Å². The maximum atomic E-state index is 10.4. The molecule has 17 heavy (non-hydrogen) atoms. The SMILES string of the molecule is CC(C)(C#N)c1ncc(CCC(=O)O)cc1Cl. The van der Waals surface area contributed by atoms with Gasteiger partial charge in [-0.2, -0.15) is 5.26 Å². The van der Waals surface area contributed by atoms with E-state index in [1.165, 1.54) is 0 Å². The van der Waals surface area contributed by atoms with E-state index in [4.69, 9.17) is 22.0 Å². The summed E-state index contributed by atoms with van der Waals surface area (Å²) in [5.74, 6) is -0.859. The largest absolute Gasteiger partial charge is 0.481 e. The zero-order valence-corrected chi connectivity index (χ0v) is 10.5. The van der Waals surface area contributed by atoms with E-state index in [0.717, 1.165) is 5.56 Å². The topological polar surface area (TPSA) is 74.0 Å². The third kappa shape index (κ3) is 3.43. The standard InChI is InChI=1S/C12H13ClN2O2/c1-12(2,7-14)11-9(13)5-8(6-15-11)3-4-10(16)17/h5-6H,3-4H2,1-2H3,(H,16,17). The van der Waals surface area contributed by atoms with Gasteiger partial charge in [-0.3, -0.25) is 9.78 Å². The van der Waals surface area contributed by atoms with Crippen molar-refractivity contribution >= 4 is 17.6 Å². The van der Waals surface area contributed by atoms with Crippen LogP contribution < -0.4 is 0 Å². The summed E-state index contributed by atoms with van der Waals surface area (Å²) in [6, 6.07) is 3.80. The molecule has 0 saturated heterocycles. The number of nitriles is 1. The molecule has 0 spiro atoms. The summed E-state index contributed by atoms with van der Waals surface area (Å²) in [5.41, 5.74) is 0.526. The lowest BCUT2D eigenvalue weighted by Crippen LogP contribution is -2.17. The number of carboxylic acid groups (broad SMARTS) is 1. The van der Waals surface area contributed by atoms with Gasteiger partial charge in [0.2, 0.25) is 0 Å². The molecule has 0 unspecified atom stereocenters. The van der Waals surface area contributed by atoms with Gasteiger partial charge >= 0.3 is 5.97 Å². The Kier molecular flexibility index (Phi) is 4.08. The van der Waals surface area contributed by atoms with Crippen LogP contribution in [0.2, 0.25) is 5.02 Å². The zero-order chi connectivity index (χ0) is 13.1. The Morgan fingerprint density at radius 1 is 1.65 bits per heavy atom. The number of carbonyl (C=O) groups is 1. The molecule has 1 aromatic rings. The highest BCUT2D eigenvalue weighted by Crippen LogP contribution is 2.28. The molecular formula is C12H13ClN2O2. The summed E-state index contributed by atoms with van der Waals surface area (Å²) in [5, 5.41) is 18.0. The van der Waals surface area contributed by atoms with E-state index >= 15 is 0 Å². The van der Waals surface area contributed by atoms with E-state index in [2.05, 4.69) is 11.1 Å². The molecule has 0 radical (unpaired) electrons. The van der Waals surface area contributed by atoms with Crippen molar-refractivity contribution in [3.05, 3.63) is 28.5 Å². The number of aromatic nitrogens is 1. The number of nitrogens with zero attached hydrogens (tertiary/aromatic N) is 2. The van der Waals surface area contributed by atoms with Crippen molar-refractivity contribution in [1.29, 1.82) is 5.26 Å². The summed E-state index contributed by atoms with van der Waals surface area (Å²) < 4.78 is 0. The first-order chi connectivity index (χ1) is 7.86. The van der Waals surface area contributed by atoms with E-state index in [1.807, 2.05) is 0 Å². The maximum Gasteiger partial charge on any atom is 0.303 e. The quantitative estimate of drug-likeness (QED) is 0.894. The van der Waals surface area contributed by atoms with Gasteiger partial charge in [-0.15, -0.1) is 0 Å². The monoisotopic (exact) mass is 252 g/mol. The van der Waals surface area contributed by atoms with Gasteiger partial charge in [0.15, 0.2) is 0 Å². The third-order valence-electron chi connectivity index (χ3n) is 2.40. The molecule has 0 aliphatic rings. The maximum absolute atomic E-state index is 10.4.